The van der Waals surface area contributed by atoms with Crippen molar-refractivity contribution >= 4 is 5.91 Å². The second kappa shape index (κ2) is 7.91. The molecular formula is C14H20F2N2O2. The Kier molecular flexibility index (Phi) is 6.54. The molecular weight excluding hydrogens is 266 g/mol. The number of benzene rings is 1. The van der Waals surface area contributed by atoms with Crippen LogP contribution < -0.4 is 11.1 Å². The first kappa shape index (κ1) is 16.5. The van der Waals surface area contributed by atoms with Gasteiger partial charge in [-0.25, -0.2) is 8.78 Å². The van der Waals surface area contributed by atoms with Gasteiger partial charge in [-0.05, 0) is 18.5 Å². The Morgan fingerprint density at radius 1 is 1.40 bits per heavy atom. The van der Waals surface area contributed by atoms with Gasteiger partial charge in [0.15, 0.2) is 0 Å². The predicted octanol–water partition coefficient (Wildman–Crippen LogP) is 1.65. The minimum Gasteiger partial charge on any atom is -0.373 e. The van der Waals surface area contributed by atoms with Crippen molar-refractivity contribution in [1.82, 2.24) is 5.32 Å². The molecule has 3 N–H and O–H groups in total. The van der Waals surface area contributed by atoms with Gasteiger partial charge in [0.25, 0.3) is 6.43 Å². The third-order valence-electron chi connectivity index (χ3n) is 2.93. The molecule has 4 nitrogen and oxygen atoms in total. The number of rotatable bonds is 9. The van der Waals surface area contributed by atoms with Crippen molar-refractivity contribution < 1.29 is 18.3 Å². The van der Waals surface area contributed by atoms with Crippen molar-refractivity contribution in [2.24, 2.45) is 5.73 Å². The van der Waals surface area contributed by atoms with E-state index in [1.165, 1.54) is 0 Å². The molecule has 112 valence electrons. The summed E-state index contributed by atoms with van der Waals surface area (Å²) in [5.74, 6) is -0.647. The number of amides is 1. The summed E-state index contributed by atoms with van der Waals surface area (Å²) in [5, 5.41) is 3.03. The normalized spacial score (nSPS) is 14.2. The molecule has 0 spiro atoms. The smallest absolute Gasteiger partial charge is 0.261 e. The van der Waals surface area contributed by atoms with Gasteiger partial charge in [0.2, 0.25) is 5.91 Å². The third kappa shape index (κ3) is 4.25. The number of halogens is 2. The summed E-state index contributed by atoms with van der Waals surface area (Å²) in [6.45, 7) is 1.51. The Morgan fingerprint density at radius 3 is 2.55 bits per heavy atom. The van der Waals surface area contributed by atoms with Gasteiger partial charge in [-0.3, -0.25) is 10.1 Å². The molecule has 0 aliphatic heterocycles. The Labute approximate surface area is 117 Å². The van der Waals surface area contributed by atoms with Crippen LogP contribution in [-0.2, 0) is 15.1 Å². The summed E-state index contributed by atoms with van der Waals surface area (Å²) in [6, 6.07) is 8.76. The molecule has 0 saturated carbocycles. The molecule has 0 radical (unpaired) electrons. The maximum Gasteiger partial charge on any atom is 0.261 e. The lowest BCUT2D eigenvalue weighted by Gasteiger charge is -2.32. The highest BCUT2D eigenvalue weighted by atomic mass is 19.3. The zero-order valence-corrected chi connectivity index (χ0v) is 11.4. The lowest BCUT2D eigenvalue weighted by atomic mass is 9.89. The molecule has 20 heavy (non-hydrogen) atoms. The van der Waals surface area contributed by atoms with Gasteiger partial charge in [0, 0.05) is 0 Å². The molecule has 0 bridgehead atoms. The van der Waals surface area contributed by atoms with Crippen molar-refractivity contribution in [3.63, 3.8) is 0 Å². The minimum absolute atomic E-state index is 0.226. The van der Waals surface area contributed by atoms with Crippen molar-refractivity contribution in [3.05, 3.63) is 35.9 Å². The number of carbonyl (C=O) groups is 1. The number of ether oxygens (including phenoxy) is 1. The molecule has 1 unspecified atom stereocenters. The fourth-order valence-corrected chi connectivity index (χ4v) is 1.90. The number of alkyl halides is 2. The highest BCUT2D eigenvalue weighted by Gasteiger charge is 2.38. The molecule has 1 aromatic rings. The second-order valence-electron chi connectivity index (χ2n) is 4.47. The van der Waals surface area contributed by atoms with E-state index in [0.29, 0.717) is 12.1 Å². The molecule has 1 atom stereocenters. The van der Waals surface area contributed by atoms with Crippen LogP contribution in [0.4, 0.5) is 8.78 Å². The monoisotopic (exact) mass is 286 g/mol. The summed E-state index contributed by atoms with van der Waals surface area (Å²) in [4.78, 5) is 11.9. The first-order chi connectivity index (χ1) is 9.53. The lowest BCUT2D eigenvalue weighted by Crippen LogP contribution is -2.56. The molecule has 1 rings (SSSR count). The Morgan fingerprint density at radius 2 is 2.05 bits per heavy atom. The largest absolute Gasteiger partial charge is 0.373 e. The average Bonchev–Trinajstić information content (AvgIpc) is 2.43. The van der Waals surface area contributed by atoms with E-state index in [-0.39, 0.29) is 6.61 Å². The zero-order chi connectivity index (χ0) is 15.0. The third-order valence-corrected chi connectivity index (χ3v) is 2.93. The fourth-order valence-electron chi connectivity index (χ4n) is 1.90. The first-order valence-electron chi connectivity index (χ1n) is 6.49. The lowest BCUT2D eigenvalue weighted by molar-refractivity contribution is -0.128. The summed E-state index contributed by atoms with van der Waals surface area (Å²) in [6.07, 6.45) is -1.81. The number of hydrogen-bond acceptors (Lipinski definition) is 3. The molecule has 0 aliphatic carbocycles. The van der Waals surface area contributed by atoms with E-state index in [9.17, 15) is 13.6 Å². The predicted molar refractivity (Wildman–Crippen MR) is 72.4 cm³/mol. The van der Waals surface area contributed by atoms with Crippen LogP contribution >= 0.6 is 0 Å². The number of carbonyl (C=O) groups excluding carboxylic acids is 1. The van der Waals surface area contributed by atoms with Crippen molar-refractivity contribution in [3.8, 4) is 0 Å². The van der Waals surface area contributed by atoms with E-state index in [1.807, 2.05) is 6.92 Å². The SMILES string of the molecule is CCCNC(COCC(F)F)(C(N)=O)c1ccccc1. The van der Waals surface area contributed by atoms with Crippen LogP contribution in [0.1, 0.15) is 18.9 Å². The van der Waals surface area contributed by atoms with Crippen molar-refractivity contribution in [2.75, 3.05) is 19.8 Å². The molecule has 6 heteroatoms. The van der Waals surface area contributed by atoms with Crippen LogP contribution in [0.25, 0.3) is 0 Å². The summed E-state index contributed by atoms with van der Waals surface area (Å²) >= 11 is 0. The van der Waals surface area contributed by atoms with Crippen LogP contribution in [0.5, 0.6) is 0 Å². The van der Waals surface area contributed by atoms with E-state index in [4.69, 9.17) is 10.5 Å². The maximum atomic E-state index is 12.2. The minimum atomic E-state index is -2.58. The van der Waals surface area contributed by atoms with Crippen LogP contribution in [0, 0.1) is 0 Å². The number of nitrogens with two attached hydrogens (primary N) is 1. The van der Waals surface area contributed by atoms with Gasteiger partial charge in [0.05, 0.1) is 6.61 Å². The van der Waals surface area contributed by atoms with Gasteiger partial charge in [-0.1, -0.05) is 37.3 Å². The summed E-state index contributed by atoms with van der Waals surface area (Å²) in [5.41, 5.74) is 4.81. The van der Waals surface area contributed by atoms with Crippen LogP contribution in [-0.4, -0.2) is 32.1 Å². The van der Waals surface area contributed by atoms with Crippen LogP contribution in [0.2, 0.25) is 0 Å². The van der Waals surface area contributed by atoms with Gasteiger partial charge >= 0.3 is 0 Å². The molecule has 0 heterocycles. The molecule has 0 fully saturated rings. The quantitative estimate of drug-likeness (QED) is 0.725. The van der Waals surface area contributed by atoms with Crippen LogP contribution in [0.3, 0.4) is 0 Å². The number of hydrogen-bond donors (Lipinski definition) is 2. The number of nitrogens with one attached hydrogen (secondary N) is 1. The summed E-state index contributed by atoms with van der Waals surface area (Å²) in [7, 11) is 0. The highest BCUT2D eigenvalue weighted by Crippen LogP contribution is 2.22. The van der Waals surface area contributed by atoms with E-state index < -0.39 is 24.5 Å². The highest BCUT2D eigenvalue weighted by molar-refractivity contribution is 5.86. The van der Waals surface area contributed by atoms with Crippen LogP contribution in [0.15, 0.2) is 30.3 Å². The molecule has 0 aromatic heterocycles. The molecule has 1 amide bonds. The maximum absolute atomic E-state index is 12.2. The summed E-state index contributed by atoms with van der Waals surface area (Å²) < 4.78 is 29.4. The van der Waals surface area contributed by atoms with Crippen molar-refractivity contribution in [1.29, 1.82) is 0 Å². The average molecular weight is 286 g/mol. The van der Waals surface area contributed by atoms with E-state index >= 15 is 0 Å². The Hall–Kier alpha value is -1.53. The Balaban J connectivity index is 2.98. The van der Waals surface area contributed by atoms with E-state index in [2.05, 4.69) is 5.32 Å². The van der Waals surface area contributed by atoms with Gasteiger partial charge in [-0.2, -0.15) is 0 Å². The van der Waals surface area contributed by atoms with E-state index in [0.717, 1.165) is 6.42 Å². The zero-order valence-electron chi connectivity index (χ0n) is 11.4. The standard InChI is InChI=1S/C14H20F2N2O2/c1-2-8-18-14(13(17)19,10-20-9-12(15)16)11-6-4-3-5-7-11/h3-7,12,18H,2,8-10H2,1H3,(H2,17,19). The second-order valence-corrected chi connectivity index (χ2v) is 4.47. The topological polar surface area (TPSA) is 64.3 Å². The van der Waals surface area contributed by atoms with E-state index in [1.54, 1.807) is 30.3 Å². The van der Waals surface area contributed by atoms with Gasteiger partial charge < -0.3 is 10.5 Å². The first-order valence-corrected chi connectivity index (χ1v) is 6.49. The van der Waals surface area contributed by atoms with Crippen molar-refractivity contribution in [2.45, 2.75) is 25.3 Å². The fraction of sp³-hybridized carbons (Fsp3) is 0.500. The number of primary amides is 1. The Bertz CT molecular complexity index is 415. The van der Waals surface area contributed by atoms with Gasteiger partial charge in [0.1, 0.15) is 12.1 Å². The molecule has 0 saturated heterocycles. The van der Waals surface area contributed by atoms with Gasteiger partial charge in [-0.15, -0.1) is 0 Å². The molecule has 1 aromatic carbocycles. The molecule has 0 aliphatic rings.